The van der Waals surface area contributed by atoms with Gasteiger partial charge < -0.3 is 5.73 Å². The molecule has 0 unspecified atom stereocenters. The number of nitrogens with two attached hydrogens (primary N) is 1. The van der Waals surface area contributed by atoms with E-state index in [2.05, 4.69) is 4.98 Å². The maximum absolute atomic E-state index is 12.9. The number of hydrogen-bond donors (Lipinski definition) is 1. The summed E-state index contributed by atoms with van der Waals surface area (Å²) in [5.41, 5.74) is 3.23. The molecule has 0 saturated heterocycles. The van der Waals surface area contributed by atoms with Crippen LogP contribution in [0.2, 0.25) is 0 Å². The fourth-order valence-corrected chi connectivity index (χ4v) is 0.802. The number of pyridine rings is 1. The molecule has 0 aliphatic rings. The Kier molecular flexibility index (Phi) is 2.50. The van der Waals surface area contributed by atoms with Crippen molar-refractivity contribution in [3.63, 3.8) is 0 Å². The fourth-order valence-electron chi connectivity index (χ4n) is 0.802. The van der Waals surface area contributed by atoms with Crippen LogP contribution in [0, 0.1) is 5.82 Å². The monoisotopic (exact) mass is 190 g/mol. The molecule has 1 aromatic heterocycles. The average Bonchev–Trinajstić information content (AvgIpc) is 2.04. The molecule has 0 aliphatic carbocycles. The second-order valence-corrected chi connectivity index (χ2v) is 2.24. The van der Waals surface area contributed by atoms with E-state index in [-0.39, 0.29) is 12.0 Å². The number of carbonyl (C=O) groups is 1. The maximum Gasteiger partial charge on any atom is 0.283 e. The summed E-state index contributed by atoms with van der Waals surface area (Å²) in [6.45, 7) is 0. The Morgan fingerprint density at radius 2 is 2.15 bits per heavy atom. The van der Waals surface area contributed by atoms with Gasteiger partial charge in [-0.05, 0) is 0 Å². The van der Waals surface area contributed by atoms with Gasteiger partial charge in [-0.15, -0.1) is 0 Å². The molecule has 1 aromatic rings. The number of nitrogens with zero attached hydrogens (tertiary/aromatic N) is 1. The van der Waals surface area contributed by atoms with E-state index in [1.165, 1.54) is 0 Å². The second-order valence-electron chi connectivity index (χ2n) is 2.24. The van der Waals surface area contributed by atoms with Gasteiger partial charge in [-0.2, -0.15) is 0 Å². The topological polar surface area (TPSA) is 56.0 Å². The Morgan fingerprint density at radius 3 is 2.62 bits per heavy atom. The largest absolute Gasteiger partial charge is 0.397 e. The van der Waals surface area contributed by atoms with Gasteiger partial charge >= 0.3 is 0 Å². The van der Waals surface area contributed by atoms with Crippen LogP contribution in [-0.2, 0) is 0 Å². The highest BCUT2D eigenvalue weighted by atomic mass is 19.3. The number of alkyl halides is 2. The first-order valence-corrected chi connectivity index (χ1v) is 3.25. The first kappa shape index (κ1) is 9.50. The zero-order valence-electron chi connectivity index (χ0n) is 6.30. The maximum atomic E-state index is 12.9. The van der Waals surface area contributed by atoms with E-state index in [1.54, 1.807) is 0 Å². The molecule has 0 bridgehead atoms. The number of halogens is 3. The van der Waals surface area contributed by atoms with E-state index in [1.807, 2.05) is 0 Å². The van der Waals surface area contributed by atoms with Crippen LogP contribution in [-0.4, -0.2) is 11.3 Å². The van der Waals surface area contributed by atoms with Crippen LogP contribution < -0.4 is 5.73 Å². The quantitative estimate of drug-likeness (QED) is 0.720. The van der Waals surface area contributed by atoms with Crippen LogP contribution >= 0.6 is 0 Å². The summed E-state index contributed by atoms with van der Waals surface area (Å²) >= 11 is 0. The van der Waals surface area contributed by atoms with Gasteiger partial charge in [0.2, 0.25) is 0 Å². The molecule has 0 saturated carbocycles. The highest BCUT2D eigenvalue weighted by Gasteiger charge is 2.19. The van der Waals surface area contributed by atoms with Crippen LogP contribution in [0.4, 0.5) is 18.9 Å². The van der Waals surface area contributed by atoms with Gasteiger partial charge in [0.15, 0.2) is 12.1 Å². The lowest BCUT2D eigenvalue weighted by Crippen LogP contribution is -2.04. The molecule has 0 aliphatic heterocycles. The molecule has 70 valence electrons. The Hall–Kier alpha value is -1.59. The third kappa shape index (κ3) is 1.61. The number of aromatic nitrogens is 1. The number of anilines is 1. The Bertz CT molecular complexity index is 341. The lowest BCUT2D eigenvalue weighted by molar-refractivity contribution is 0.111. The van der Waals surface area contributed by atoms with Crippen molar-refractivity contribution in [1.82, 2.24) is 4.98 Å². The van der Waals surface area contributed by atoms with Gasteiger partial charge in [0.25, 0.3) is 6.43 Å². The molecule has 0 spiro atoms. The molecule has 0 radical (unpaired) electrons. The van der Waals surface area contributed by atoms with Gasteiger partial charge in [0, 0.05) is 0 Å². The van der Waals surface area contributed by atoms with Crippen LogP contribution in [0.3, 0.4) is 0 Å². The molecule has 0 aromatic carbocycles. The molecule has 6 heteroatoms. The zero-order valence-corrected chi connectivity index (χ0v) is 6.30. The van der Waals surface area contributed by atoms with E-state index in [9.17, 15) is 18.0 Å². The summed E-state index contributed by atoms with van der Waals surface area (Å²) in [4.78, 5) is 13.3. The van der Waals surface area contributed by atoms with Crippen molar-refractivity contribution in [3.05, 3.63) is 23.3 Å². The first-order chi connectivity index (χ1) is 6.07. The lowest BCUT2D eigenvalue weighted by atomic mass is 10.2. The van der Waals surface area contributed by atoms with Crippen molar-refractivity contribution < 1.29 is 18.0 Å². The standard InChI is InChI=1S/C7H5F3N2O/c8-5-3(2-13)4(11)1-12-6(5)7(9)10/h1-2,7H,11H2. The predicted octanol–water partition coefficient (Wildman–Crippen LogP) is 1.55. The van der Waals surface area contributed by atoms with Crippen molar-refractivity contribution in [2.75, 3.05) is 5.73 Å². The summed E-state index contributed by atoms with van der Waals surface area (Å²) < 4.78 is 37.0. The van der Waals surface area contributed by atoms with Crippen molar-refractivity contribution in [2.45, 2.75) is 6.43 Å². The number of rotatable bonds is 2. The first-order valence-electron chi connectivity index (χ1n) is 3.25. The number of aldehydes is 1. The minimum absolute atomic E-state index is 0.0816. The Morgan fingerprint density at radius 1 is 1.54 bits per heavy atom. The molecule has 1 rings (SSSR count). The number of carbonyl (C=O) groups excluding carboxylic acids is 1. The van der Waals surface area contributed by atoms with E-state index >= 15 is 0 Å². The minimum atomic E-state index is -3.06. The van der Waals surface area contributed by atoms with E-state index in [4.69, 9.17) is 5.73 Å². The van der Waals surface area contributed by atoms with E-state index in [0.717, 1.165) is 6.20 Å². The summed E-state index contributed by atoms with van der Waals surface area (Å²) in [5.74, 6) is -1.36. The third-order valence-corrected chi connectivity index (χ3v) is 1.44. The van der Waals surface area contributed by atoms with Crippen molar-refractivity contribution in [3.8, 4) is 0 Å². The number of nitrogen functional groups attached to an aromatic ring is 1. The molecule has 13 heavy (non-hydrogen) atoms. The highest BCUT2D eigenvalue weighted by molar-refractivity contribution is 5.83. The van der Waals surface area contributed by atoms with E-state index < -0.39 is 23.5 Å². The Balaban J connectivity index is 3.35. The van der Waals surface area contributed by atoms with Gasteiger partial charge in [-0.1, -0.05) is 0 Å². The summed E-state index contributed by atoms with van der Waals surface area (Å²) in [6.07, 6.45) is -2.15. The third-order valence-electron chi connectivity index (χ3n) is 1.44. The van der Waals surface area contributed by atoms with Crippen LogP contribution in [0.25, 0.3) is 0 Å². The fraction of sp³-hybridized carbons (Fsp3) is 0.143. The second kappa shape index (κ2) is 3.42. The predicted molar refractivity (Wildman–Crippen MR) is 39.0 cm³/mol. The molecule has 0 atom stereocenters. The molecular weight excluding hydrogens is 185 g/mol. The molecule has 0 fully saturated rings. The summed E-state index contributed by atoms with van der Waals surface area (Å²) in [5, 5.41) is 0. The van der Waals surface area contributed by atoms with Crippen LogP contribution in [0.15, 0.2) is 6.20 Å². The van der Waals surface area contributed by atoms with Crippen molar-refractivity contribution in [1.29, 1.82) is 0 Å². The molecular formula is C7H5F3N2O. The molecule has 1 heterocycles. The molecule has 0 amide bonds. The van der Waals surface area contributed by atoms with Crippen LogP contribution in [0.1, 0.15) is 22.5 Å². The molecule has 2 N–H and O–H groups in total. The van der Waals surface area contributed by atoms with Gasteiger partial charge in [0.1, 0.15) is 5.69 Å². The molecule has 3 nitrogen and oxygen atoms in total. The summed E-state index contributed by atoms with van der Waals surface area (Å²) in [7, 11) is 0. The van der Waals surface area contributed by atoms with Gasteiger partial charge in [0.05, 0.1) is 17.4 Å². The van der Waals surface area contributed by atoms with Crippen molar-refractivity contribution >= 4 is 12.0 Å². The number of hydrogen-bond acceptors (Lipinski definition) is 3. The SMILES string of the molecule is Nc1cnc(C(F)F)c(F)c1C=O. The van der Waals surface area contributed by atoms with Gasteiger partial charge in [-0.3, -0.25) is 4.79 Å². The minimum Gasteiger partial charge on any atom is -0.397 e. The van der Waals surface area contributed by atoms with Crippen molar-refractivity contribution in [2.24, 2.45) is 0 Å². The summed E-state index contributed by atoms with van der Waals surface area (Å²) in [6, 6.07) is 0. The normalized spacial score (nSPS) is 10.5. The average molecular weight is 190 g/mol. The zero-order chi connectivity index (χ0) is 10.0. The van der Waals surface area contributed by atoms with E-state index in [0.29, 0.717) is 0 Å². The smallest absolute Gasteiger partial charge is 0.283 e. The van der Waals surface area contributed by atoms with Gasteiger partial charge in [-0.25, -0.2) is 18.2 Å². The Labute approximate surface area is 71.4 Å². The highest BCUT2D eigenvalue weighted by Crippen LogP contribution is 2.23. The lowest BCUT2D eigenvalue weighted by Gasteiger charge is -2.04. The van der Waals surface area contributed by atoms with Crippen LogP contribution in [0.5, 0.6) is 0 Å².